The van der Waals surface area contributed by atoms with Gasteiger partial charge in [-0.3, -0.25) is 14.3 Å². The number of rotatable bonds is 6. The summed E-state index contributed by atoms with van der Waals surface area (Å²) in [4.78, 5) is 26.5. The number of carbonyl (C=O) groups is 2. The Labute approximate surface area is 159 Å². The Balaban J connectivity index is 1.59. The third kappa shape index (κ3) is 3.97. The fraction of sp³-hybridized carbons (Fsp3) is 0.450. The highest BCUT2D eigenvalue weighted by molar-refractivity contribution is 5.98. The first-order valence-corrected chi connectivity index (χ1v) is 9.12. The number of benzene rings is 1. The van der Waals surface area contributed by atoms with Crippen LogP contribution >= 0.6 is 0 Å². The highest BCUT2D eigenvalue weighted by Gasteiger charge is 2.32. The van der Waals surface area contributed by atoms with Crippen molar-refractivity contribution in [2.24, 2.45) is 7.05 Å². The smallest absolute Gasteiger partial charge is 0.229 e. The van der Waals surface area contributed by atoms with E-state index in [1.54, 1.807) is 12.0 Å². The second kappa shape index (κ2) is 7.82. The van der Waals surface area contributed by atoms with Gasteiger partial charge in [0.25, 0.3) is 0 Å². The molecular weight excluding hydrogens is 344 g/mol. The molecule has 2 heterocycles. The van der Waals surface area contributed by atoms with Crippen molar-refractivity contribution in [2.45, 2.75) is 39.2 Å². The van der Waals surface area contributed by atoms with Crippen LogP contribution in [0.15, 0.2) is 24.3 Å². The van der Waals surface area contributed by atoms with Crippen LogP contribution in [0, 0.1) is 13.8 Å². The summed E-state index contributed by atoms with van der Waals surface area (Å²) in [5.41, 5.74) is 3.90. The second-order valence-electron chi connectivity index (χ2n) is 6.92. The molecule has 27 heavy (non-hydrogen) atoms. The maximum absolute atomic E-state index is 12.4. The number of aromatic nitrogens is 2. The molecular formula is C20H26N4O3. The highest BCUT2D eigenvalue weighted by atomic mass is 16.5. The quantitative estimate of drug-likeness (QED) is 0.843. The molecule has 1 aliphatic heterocycles. The average molecular weight is 370 g/mol. The summed E-state index contributed by atoms with van der Waals surface area (Å²) in [6, 6.07) is 7.23. The standard InChI is InChI=1S/C20H26N4O3/c1-13-16(14(2)23(3)22-13)9-10-19(25)21-15-11-20(26)24(12-15)17-7-5-6-8-18(17)27-4/h5-8,15H,9-12H2,1-4H3,(H,21,25)/t15-/m1/s1. The molecule has 7 nitrogen and oxygen atoms in total. The third-order valence-electron chi connectivity index (χ3n) is 5.13. The predicted octanol–water partition coefficient (Wildman–Crippen LogP) is 1.90. The van der Waals surface area contributed by atoms with Crippen LogP contribution in [0.3, 0.4) is 0 Å². The maximum Gasteiger partial charge on any atom is 0.229 e. The van der Waals surface area contributed by atoms with E-state index in [1.165, 1.54) is 0 Å². The molecule has 1 atom stereocenters. The molecule has 1 aliphatic rings. The first kappa shape index (κ1) is 18.9. The van der Waals surface area contributed by atoms with Crippen molar-refractivity contribution in [3.8, 4) is 5.75 Å². The van der Waals surface area contributed by atoms with Crippen molar-refractivity contribution in [1.82, 2.24) is 15.1 Å². The van der Waals surface area contributed by atoms with Crippen LogP contribution in [0.2, 0.25) is 0 Å². The minimum atomic E-state index is -0.189. The summed E-state index contributed by atoms with van der Waals surface area (Å²) in [6.07, 6.45) is 1.33. The lowest BCUT2D eigenvalue weighted by Crippen LogP contribution is -2.37. The summed E-state index contributed by atoms with van der Waals surface area (Å²) in [5, 5.41) is 7.38. The van der Waals surface area contributed by atoms with Crippen molar-refractivity contribution >= 4 is 17.5 Å². The zero-order chi connectivity index (χ0) is 19.6. The number of anilines is 1. The number of nitrogens with one attached hydrogen (secondary N) is 1. The summed E-state index contributed by atoms with van der Waals surface area (Å²) in [7, 11) is 3.49. The number of hydrogen-bond acceptors (Lipinski definition) is 4. The topological polar surface area (TPSA) is 76.5 Å². The van der Waals surface area contributed by atoms with E-state index in [2.05, 4.69) is 10.4 Å². The van der Waals surface area contributed by atoms with Crippen LogP contribution in [0.5, 0.6) is 5.75 Å². The van der Waals surface area contributed by atoms with Crippen LogP contribution in [0.1, 0.15) is 29.8 Å². The summed E-state index contributed by atoms with van der Waals surface area (Å²) >= 11 is 0. The fourth-order valence-electron chi connectivity index (χ4n) is 3.61. The maximum atomic E-state index is 12.4. The monoisotopic (exact) mass is 370 g/mol. The van der Waals surface area contributed by atoms with E-state index in [9.17, 15) is 9.59 Å². The number of nitrogens with zero attached hydrogens (tertiary/aromatic N) is 3. The van der Waals surface area contributed by atoms with Gasteiger partial charge in [0.05, 0.1) is 24.5 Å². The number of amides is 2. The molecule has 2 amide bonds. The van der Waals surface area contributed by atoms with Gasteiger partial charge in [-0.25, -0.2) is 0 Å². The lowest BCUT2D eigenvalue weighted by molar-refractivity contribution is -0.121. The second-order valence-corrected chi connectivity index (χ2v) is 6.92. The van der Waals surface area contributed by atoms with E-state index < -0.39 is 0 Å². The highest BCUT2D eigenvalue weighted by Crippen LogP contribution is 2.31. The summed E-state index contributed by atoms with van der Waals surface area (Å²) in [6.45, 7) is 4.42. The van der Waals surface area contributed by atoms with Crippen LogP contribution in [0.4, 0.5) is 5.69 Å². The lowest BCUT2D eigenvalue weighted by Gasteiger charge is -2.19. The molecule has 144 valence electrons. The van der Waals surface area contributed by atoms with Crippen molar-refractivity contribution < 1.29 is 14.3 Å². The van der Waals surface area contributed by atoms with Crippen molar-refractivity contribution in [3.63, 3.8) is 0 Å². The van der Waals surface area contributed by atoms with Crippen LogP contribution in [-0.4, -0.2) is 41.3 Å². The van der Waals surface area contributed by atoms with E-state index >= 15 is 0 Å². The molecule has 3 rings (SSSR count). The minimum absolute atomic E-state index is 0.0104. The molecule has 0 radical (unpaired) electrons. The average Bonchev–Trinajstić information content (AvgIpc) is 3.12. The molecule has 1 aromatic heterocycles. The molecule has 1 N–H and O–H groups in total. The largest absolute Gasteiger partial charge is 0.495 e. The SMILES string of the molecule is COc1ccccc1N1C[C@H](NC(=O)CCc2c(C)nn(C)c2C)CC1=O. The molecule has 1 aromatic carbocycles. The number of aryl methyl sites for hydroxylation is 2. The van der Waals surface area contributed by atoms with E-state index in [0.29, 0.717) is 31.6 Å². The zero-order valence-corrected chi connectivity index (χ0v) is 16.3. The fourth-order valence-corrected chi connectivity index (χ4v) is 3.61. The first-order valence-electron chi connectivity index (χ1n) is 9.12. The van der Waals surface area contributed by atoms with E-state index in [1.807, 2.05) is 49.8 Å². The lowest BCUT2D eigenvalue weighted by atomic mass is 10.1. The minimum Gasteiger partial charge on any atom is -0.495 e. The van der Waals surface area contributed by atoms with Crippen molar-refractivity contribution in [2.75, 3.05) is 18.6 Å². The van der Waals surface area contributed by atoms with E-state index in [4.69, 9.17) is 4.74 Å². The number of ether oxygens (including phenoxy) is 1. The molecule has 7 heteroatoms. The number of carbonyl (C=O) groups excluding carboxylic acids is 2. The molecule has 1 saturated heterocycles. The van der Waals surface area contributed by atoms with Gasteiger partial charge in [0.1, 0.15) is 5.75 Å². The van der Waals surface area contributed by atoms with E-state index in [0.717, 1.165) is 22.6 Å². The summed E-state index contributed by atoms with van der Waals surface area (Å²) < 4.78 is 7.18. The summed E-state index contributed by atoms with van der Waals surface area (Å²) in [5.74, 6) is 0.599. The molecule has 1 fully saturated rings. The van der Waals surface area contributed by atoms with Gasteiger partial charge >= 0.3 is 0 Å². The number of methoxy groups -OCH3 is 1. The van der Waals surface area contributed by atoms with Crippen molar-refractivity contribution in [1.29, 1.82) is 0 Å². The Morgan fingerprint density at radius 2 is 2.07 bits per heavy atom. The van der Waals surface area contributed by atoms with Gasteiger partial charge in [0.15, 0.2) is 0 Å². The third-order valence-corrected chi connectivity index (χ3v) is 5.13. The van der Waals surface area contributed by atoms with Crippen LogP contribution in [0.25, 0.3) is 0 Å². The van der Waals surface area contributed by atoms with Gasteiger partial charge in [-0.05, 0) is 38.0 Å². The predicted molar refractivity (Wildman–Crippen MR) is 103 cm³/mol. The van der Waals surface area contributed by atoms with Gasteiger partial charge in [-0.1, -0.05) is 12.1 Å². The van der Waals surface area contributed by atoms with Gasteiger partial charge in [-0.15, -0.1) is 0 Å². The molecule has 0 bridgehead atoms. The molecule has 0 unspecified atom stereocenters. The number of hydrogen-bond donors (Lipinski definition) is 1. The van der Waals surface area contributed by atoms with Crippen molar-refractivity contribution in [3.05, 3.63) is 41.2 Å². The Hall–Kier alpha value is -2.83. The molecule has 0 spiro atoms. The number of para-hydroxylation sites is 2. The normalized spacial score (nSPS) is 16.7. The Morgan fingerprint density at radius 1 is 1.33 bits per heavy atom. The van der Waals surface area contributed by atoms with Gasteiger partial charge in [0.2, 0.25) is 11.8 Å². The zero-order valence-electron chi connectivity index (χ0n) is 16.3. The Morgan fingerprint density at radius 3 is 2.74 bits per heavy atom. The Kier molecular flexibility index (Phi) is 5.48. The van der Waals surface area contributed by atoms with Gasteiger partial charge in [0, 0.05) is 32.1 Å². The van der Waals surface area contributed by atoms with Crippen LogP contribution < -0.4 is 15.0 Å². The molecule has 0 aliphatic carbocycles. The molecule has 0 saturated carbocycles. The first-order chi connectivity index (χ1) is 12.9. The van der Waals surface area contributed by atoms with Crippen LogP contribution in [-0.2, 0) is 23.1 Å². The Bertz CT molecular complexity index is 859. The molecule has 2 aromatic rings. The van der Waals surface area contributed by atoms with Gasteiger partial charge < -0.3 is 15.0 Å². The van der Waals surface area contributed by atoms with Gasteiger partial charge in [-0.2, -0.15) is 5.10 Å². The van der Waals surface area contributed by atoms with E-state index in [-0.39, 0.29) is 17.9 Å².